The fourth-order valence-corrected chi connectivity index (χ4v) is 5.33. The number of unbranched alkanes of at least 4 members (excludes halogenated alkanes) is 5. The number of rotatable bonds is 13. The second kappa shape index (κ2) is 14.0. The zero-order valence-corrected chi connectivity index (χ0v) is 18.2. The van der Waals surface area contributed by atoms with Crippen molar-refractivity contribution in [1.29, 1.82) is 0 Å². The summed E-state index contributed by atoms with van der Waals surface area (Å²) >= 11 is 0. The van der Waals surface area contributed by atoms with Crippen LogP contribution in [0.2, 0.25) is 0 Å². The molecule has 2 aliphatic rings. The molecular weight excluding hydrogens is 316 g/mol. The van der Waals surface area contributed by atoms with Crippen molar-refractivity contribution >= 4 is 0 Å². The minimum atomic E-state index is 0.589. The molecule has 154 valence electrons. The predicted octanol–water partition coefficient (Wildman–Crippen LogP) is 8.31. The lowest BCUT2D eigenvalue weighted by atomic mass is 9.76. The summed E-state index contributed by atoms with van der Waals surface area (Å²) in [6.07, 6.45) is 26.5. The summed E-state index contributed by atoms with van der Waals surface area (Å²) in [5.41, 5.74) is 0. The van der Waals surface area contributed by atoms with Crippen molar-refractivity contribution in [2.75, 3.05) is 6.61 Å². The maximum atomic E-state index is 6.12. The molecule has 2 rings (SSSR count). The van der Waals surface area contributed by atoms with Crippen LogP contribution in [0.3, 0.4) is 0 Å². The minimum Gasteiger partial charge on any atom is -0.378 e. The summed E-state index contributed by atoms with van der Waals surface area (Å²) < 4.78 is 6.12. The average Bonchev–Trinajstić information content (AvgIpc) is 2.68. The Morgan fingerprint density at radius 1 is 0.538 bits per heavy atom. The smallest absolute Gasteiger partial charge is 0.0575 e. The van der Waals surface area contributed by atoms with Gasteiger partial charge in [0.25, 0.3) is 0 Å². The molecule has 1 nitrogen and oxygen atoms in total. The maximum Gasteiger partial charge on any atom is 0.0575 e. The normalized spacial score (nSPS) is 29.8. The van der Waals surface area contributed by atoms with Crippen LogP contribution in [0.25, 0.3) is 0 Å². The van der Waals surface area contributed by atoms with Crippen LogP contribution >= 0.6 is 0 Å². The van der Waals surface area contributed by atoms with Gasteiger partial charge in [0.15, 0.2) is 0 Å². The Bertz CT molecular complexity index is 310. The van der Waals surface area contributed by atoms with Gasteiger partial charge in [-0.2, -0.15) is 0 Å². The highest BCUT2D eigenvalue weighted by Gasteiger charge is 2.24. The van der Waals surface area contributed by atoms with Gasteiger partial charge in [-0.15, -0.1) is 0 Å². The molecule has 2 fully saturated rings. The Hall–Kier alpha value is -0.0400. The molecule has 0 unspecified atom stereocenters. The Balaban J connectivity index is 1.46. The first-order chi connectivity index (χ1) is 12.8. The van der Waals surface area contributed by atoms with Crippen LogP contribution in [0.5, 0.6) is 0 Å². The van der Waals surface area contributed by atoms with Crippen LogP contribution in [-0.2, 0) is 4.74 Å². The van der Waals surface area contributed by atoms with Crippen LogP contribution in [-0.4, -0.2) is 12.7 Å². The highest BCUT2D eigenvalue weighted by molar-refractivity contribution is 4.77. The Labute approximate surface area is 165 Å². The molecule has 2 aliphatic carbocycles. The van der Waals surface area contributed by atoms with Gasteiger partial charge in [-0.1, -0.05) is 97.3 Å². The van der Waals surface area contributed by atoms with Gasteiger partial charge in [0.2, 0.25) is 0 Å². The molecular formula is C25H48O. The summed E-state index contributed by atoms with van der Waals surface area (Å²) in [6.45, 7) is 5.61. The molecule has 0 atom stereocenters. The summed E-state index contributed by atoms with van der Waals surface area (Å²) in [5, 5.41) is 0. The van der Waals surface area contributed by atoms with E-state index in [4.69, 9.17) is 4.74 Å². The third-order valence-electron chi connectivity index (χ3n) is 7.31. The minimum absolute atomic E-state index is 0.589. The second-order valence-electron chi connectivity index (χ2n) is 9.53. The number of hydrogen-bond donors (Lipinski definition) is 0. The molecule has 0 amide bonds. The highest BCUT2D eigenvalue weighted by atomic mass is 16.5. The molecule has 0 spiro atoms. The molecule has 0 aromatic heterocycles. The van der Waals surface area contributed by atoms with Crippen LogP contribution < -0.4 is 0 Å². The number of ether oxygens (including phenoxy) is 1. The largest absolute Gasteiger partial charge is 0.378 e. The lowest BCUT2D eigenvalue weighted by molar-refractivity contribution is 0.0145. The van der Waals surface area contributed by atoms with E-state index >= 15 is 0 Å². The predicted molar refractivity (Wildman–Crippen MR) is 115 cm³/mol. The van der Waals surface area contributed by atoms with Crippen molar-refractivity contribution < 1.29 is 4.74 Å². The van der Waals surface area contributed by atoms with Gasteiger partial charge in [-0.3, -0.25) is 0 Å². The first-order valence-corrected chi connectivity index (χ1v) is 12.4. The Morgan fingerprint density at radius 3 is 1.62 bits per heavy atom. The van der Waals surface area contributed by atoms with Crippen molar-refractivity contribution in [3.8, 4) is 0 Å². The third kappa shape index (κ3) is 9.25. The zero-order chi connectivity index (χ0) is 18.5. The fourth-order valence-electron chi connectivity index (χ4n) is 5.33. The first kappa shape index (κ1) is 22.3. The van der Waals surface area contributed by atoms with Crippen LogP contribution in [0.4, 0.5) is 0 Å². The van der Waals surface area contributed by atoms with E-state index < -0.39 is 0 Å². The van der Waals surface area contributed by atoms with Gasteiger partial charge in [0.1, 0.15) is 0 Å². The zero-order valence-electron chi connectivity index (χ0n) is 18.2. The molecule has 2 saturated carbocycles. The van der Waals surface area contributed by atoms with Gasteiger partial charge in [-0.25, -0.2) is 0 Å². The van der Waals surface area contributed by atoms with Crippen molar-refractivity contribution in [1.82, 2.24) is 0 Å². The molecule has 0 aliphatic heterocycles. The fraction of sp³-hybridized carbons (Fsp3) is 1.00. The average molecular weight is 365 g/mol. The van der Waals surface area contributed by atoms with E-state index in [9.17, 15) is 0 Å². The molecule has 0 saturated heterocycles. The molecule has 0 N–H and O–H groups in total. The molecule has 0 heterocycles. The number of hydrogen-bond acceptors (Lipinski definition) is 1. The van der Waals surface area contributed by atoms with Crippen LogP contribution in [0, 0.1) is 17.8 Å². The van der Waals surface area contributed by atoms with Gasteiger partial charge in [-0.05, 0) is 49.9 Å². The standard InChI is InChI=1S/C25H48O/c1-3-5-7-9-21-26-25-19-17-24(18-20-25)16-15-23-13-11-22(12-14-23)10-8-6-4-2/h22-25H,3-21H2,1-2H3/t22-,23-,24-,25-. The van der Waals surface area contributed by atoms with E-state index in [0.717, 1.165) is 24.4 Å². The third-order valence-corrected chi connectivity index (χ3v) is 7.31. The van der Waals surface area contributed by atoms with Gasteiger partial charge >= 0.3 is 0 Å². The molecule has 0 bridgehead atoms. The van der Waals surface area contributed by atoms with E-state index in [2.05, 4.69) is 13.8 Å². The molecule has 26 heavy (non-hydrogen) atoms. The Kier molecular flexibility index (Phi) is 12.0. The lowest BCUT2D eigenvalue weighted by Gasteiger charge is -2.32. The van der Waals surface area contributed by atoms with E-state index in [1.807, 2.05) is 0 Å². The van der Waals surface area contributed by atoms with Crippen molar-refractivity contribution in [2.45, 2.75) is 136 Å². The van der Waals surface area contributed by atoms with Crippen molar-refractivity contribution in [2.24, 2.45) is 17.8 Å². The highest BCUT2D eigenvalue weighted by Crippen LogP contribution is 2.37. The molecule has 0 radical (unpaired) electrons. The second-order valence-corrected chi connectivity index (χ2v) is 9.53. The van der Waals surface area contributed by atoms with Crippen molar-refractivity contribution in [3.63, 3.8) is 0 Å². The van der Waals surface area contributed by atoms with E-state index in [1.54, 1.807) is 0 Å². The van der Waals surface area contributed by atoms with Gasteiger partial charge in [0.05, 0.1) is 6.10 Å². The Morgan fingerprint density at radius 2 is 1.04 bits per heavy atom. The molecule has 0 aromatic rings. The maximum absolute atomic E-state index is 6.12. The molecule has 0 aromatic carbocycles. The van der Waals surface area contributed by atoms with Gasteiger partial charge < -0.3 is 4.74 Å². The van der Waals surface area contributed by atoms with Gasteiger partial charge in [0, 0.05) is 6.61 Å². The molecule has 1 heteroatoms. The summed E-state index contributed by atoms with van der Waals surface area (Å²) in [4.78, 5) is 0. The van der Waals surface area contributed by atoms with E-state index in [1.165, 1.54) is 116 Å². The lowest BCUT2D eigenvalue weighted by Crippen LogP contribution is -2.23. The topological polar surface area (TPSA) is 9.23 Å². The van der Waals surface area contributed by atoms with Crippen LogP contribution in [0.1, 0.15) is 129 Å². The first-order valence-electron chi connectivity index (χ1n) is 12.4. The summed E-state index contributed by atoms with van der Waals surface area (Å²) in [7, 11) is 0. The monoisotopic (exact) mass is 364 g/mol. The van der Waals surface area contributed by atoms with Crippen molar-refractivity contribution in [3.05, 3.63) is 0 Å². The summed E-state index contributed by atoms with van der Waals surface area (Å²) in [6, 6.07) is 0. The summed E-state index contributed by atoms with van der Waals surface area (Å²) in [5.74, 6) is 3.14. The van der Waals surface area contributed by atoms with E-state index in [0.29, 0.717) is 6.10 Å². The quantitative estimate of drug-likeness (QED) is 0.298. The SMILES string of the molecule is CCCCCCO[C@H]1CC[C@H](CC[C@H]2CC[C@H](CCCCC)CC2)CC1. The van der Waals surface area contributed by atoms with E-state index in [-0.39, 0.29) is 0 Å². The van der Waals surface area contributed by atoms with Crippen LogP contribution in [0.15, 0.2) is 0 Å².